The van der Waals surface area contributed by atoms with E-state index >= 15 is 0 Å². The summed E-state index contributed by atoms with van der Waals surface area (Å²) in [6, 6.07) is 13.6. The van der Waals surface area contributed by atoms with E-state index in [0.717, 1.165) is 37.4 Å². The number of rotatable bonds is 8. The Kier molecular flexibility index (Phi) is 7.56. The summed E-state index contributed by atoms with van der Waals surface area (Å²) in [5.41, 5.74) is 9.12. The molecule has 2 aromatic carbocycles. The van der Waals surface area contributed by atoms with Crippen molar-refractivity contribution < 1.29 is 13.9 Å². The molecule has 204 valence electrons. The third-order valence-electron chi connectivity index (χ3n) is 6.83. The van der Waals surface area contributed by atoms with Gasteiger partial charge in [0.1, 0.15) is 0 Å². The zero-order valence-corrected chi connectivity index (χ0v) is 22.4. The van der Waals surface area contributed by atoms with Gasteiger partial charge in [0.2, 0.25) is 0 Å². The minimum atomic E-state index is -2.02. The maximum Gasteiger partial charge on any atom is 0.271 e. The molecule has 3 heterocycles. The molecule has 1 fully saturated rings. The van der Waals surface area contributed by atoms with Gasteiger partial charge >= 0.3 is 0 Å². The van der Waals surface area contributed by atoms with Crippen molar-refractivity contribution in [1.82, 2.24) is 20.8 Å². The summed E-state index contributed by atoms with van der Waals surface area (Å²) in [6.45, 7) is 5.30. The number of alkyl halides is 1. The highest BCUT2D eigenvalue weighted by Crippen LogP contribution is 2.45. The van der Waals surface area contributed by atoms with Crippen molar-refractivity contribution in [1.29, 1.82) is 0 Å². The number of halogens is 2. The van der Waals surface area contributed by atoms with E-state index in [1.807, 2.05) is 32.2 Å². The average Bonchev–Trinajstić information content (AvgIpc) is 3.24. The summed E-state index contributed by atoms with van der Waals surface area (Å²) in [4.78, 5) is 13.4. The fraction of sp³-hybridized carbons (Fsp3) is 0.296. The van der Waals surface area contributed by atoms with E-state index in [4.69, 9.17) is 22.1 Å². The Labute approximate surface area is 231 Å². The predicted octanol–water partition coefficient (Wildman–Crippen LogP) is 2.50. The van der Waals surface area contributed by atoms with Crippen LogP contribution < -0.4 is 36.0 Å². The van der Waals surface area contributed by atoms with E-state index < -0.39 is 16.7 Å². The van der Waals surface area contributed by atoms with Crippen molar-refractivity contribution >= 4 is 34.6 Å². The Bertz CT molecular complexity index is 1370. The molecule has 39 heavy (non-hydrogen) atoms. The lowest BCUT2D eigenvalue weighted by Crippen LogP contribution is -2.57. The van der Waals surface area contributed by atoms with Gasteiger partial charge in [0.15, 0.2) is 17.3 Å². The highest BCUT2D eigenvalue weighted by Gasteiger charge is 2.54. The Hall–Kier alpha value is -3.93. The maximum atomic E-state index is 14.6. The number of aryl methyl sites for hydroxylation is 1. The molecule has 2 aliphatic rings. The van der Waals surface area contributed by atoms with Crippen LogP contribution in [-0.2, 0) is 4.79 Å². The van der Waals surface area contributed by atoms with Gasteiger partial charge in [0.05, 0.1) is 36.0 Å². The highest BCUT2D eigenvalue weighted by molar-refractivity contribution is 6.39. The molecule has 2 unspecified atom stereocenters. The van der Waals surface area contributed by atoms with Gasteiger partial charge in [0, 0.05) is 31.9 Å². The average molecular weight is 553 g/mol. The van der Waals surface area contributed by atoms with Crippen LogP contribution in [0.2, 0.25) is 0 Å². The van der Waals surface area contributed by atoms with E-state index in [1.165, 1.54) is 35.7 Å². The van der Waals surface area contributed by atoms with Gasteiger partial charge in [-0.2, -0.15) is 10.2 Å². The second-order valence-corrected chi connectivity index (χ2v) is 9.90. The first kappa shape index (κ1) is 26.7. The van der Waals surface area contributed by atoms with Crippen molar-refractivity contribution in [2.75, 3.05) is 48.1 Å². The van der Waals surface area contributed by atoms with Crippen LogP contribution >= 0.6 is 11.6 Å². The molecule has 0 spiro atoms. The molecule has 0 bridgehead atoms. The van der Waals surface area contributed by atoms with Crippen LogP contribution in [-0.4, -0.2) is 60.4 Å². The fourth-order valence-electron chi connectivity index (χ4n) is 4.92. The number of primary amides is 1. The second kappa shape index (κ2) is 11.0. The molecule has 0 radical (unpaired) electrons. The second-order valence-electron chi connectivity index (χ2n) is 9.35. The first-order valence-electron chi connectivity index (χ1n) is 12.6. The molecule has 0 aliphatic carbocycles. The topological polar surface area (TPSA) is 112 Å². The van der Waals surface area contributed by atoms with Crippen LogP contribution in [0.25, 0.3) is 0 Å². The van der Waals surface area contributed by atoms with E-state index in [0.29, 0.717) is 11.4 Å². The highest BCUT2D eigenvalue weighted by atomic mass is 35.5. The number of nitrogens with one attached hydrogen (secondary N) is 2. The number of hydrogen-bond donors (Lipinski definition) is 3. The summed E-state index contributed by atoms with van der Waals surface area (Å²) in [7, 11) is 1.93. The van der Waals surface area contributed by atoms with E-state index in [1.54, 1.807) is 23.2 Å². The largest absolute Gasteiger partial charge is 0.452 e. The number of carbonyl (C=O) groups excluding carboxylic acids is 1. The van der Waals surface area contributed by atoms with Crippen LogP contribution in [0.1, 0.15) is 5.56 Å². The molecule has 2 atom stereocenters. The quantitative estimate of drug-likeness (QED) is 0.287. The third kappa shape index (κ3) is 4.96. The predicted molar refractivity (Wildman–Crippen MR) is 149 cm³/mol. The Morgan fingerprint density at radius 2 is 2.08 bits per heavy atom. The zero-order valence-electron chi connectivity index (χ0n) is 21.6. The Balaban J connectivity index is 1.63. The molecule has 2 aliphatic heterocycles. The monoisotopic (exact) mass is 552 g/mol. The van der Waals surface area contributed by atoms with Crippen molar-refractivity contribution in [3.8, 4) is 5.75 Å². The first-order valence-corrected chi connectivity index (χ1v) is 12.9. The summed E-state index contributed by atoms with van der Waals surface area (Å²) >= 11 is 7.10. The van der Waals surface area contributed by atoms with Crippen LogP contribution in [0.4, 0.5) is 21.5 Å². The van der Waals surface area contributed by atoms with E-state index in [9.17, 15) is 9.18 Å². The summed E-state index contributed by atoms with van der Waals surface area (Å²) in [6.07, 6.45) is 4.54. The zero-order chi connectivity index (χ0) is 27.6. The smallest absolute Gasteiger partial charge is 0.271 e. The number of likely N-dealkylation sites (N-methyl/N-ethyl adjacent to an activating group) is 1. The van der Waals surface area contributed by atoms with Gasteiger partial charge < -0.3 is 26.0 Å². The summed E-state index contributed by atoms with van der Waals surface area (Å²) < 4.78 is 20.5. The molecule has 4 N–H and O–H groups in total. The standard InChI is InChI=1S/C27H30ClFN8O2/c1-18-7-8-19(13-23(18)35-12-11-32-15-21(35)14-31-2)37-27(28,26(30)38)25(39-24-6-4-3-5-22(24)29)17-36(37)20-9-10-33-34-16-20/h3-10,13,16-17,21,31-32H,11-12,14-15H2,1-2H3,(H2,30,38). The number of nitrogens with zero attached hydrogens (tertiary/aromatic N) is 5. The van der Waals surface area contributed by atoms with Crippen molar-refractivity contribution in [2.24, 2.45) is 5.73 Å². The SMILES string of the molecule is CNCC1CNCCN1c1cc(N2N(c3ccnnc3)C=C(Oc3ccccc3F)C2(Cl)C(N)=O)ccc1C. The number of hydrazine groups is 1. The summed E-state index contributed by atoms with van der Waals surface area (Å²) in [5, 5.41) is 17.7. The molecular formula is C27H30ClFN8O2. The lowest BCUT2D eigenvalue weighted by atomic mass is 10.1. The number of para-hydroxylation sites is 1. The number of anilines is 3. The molecule has 1 amide bonds. The number of amides is 1. The van der Waals surface area contributed by atoms with Gasteiger partial charge in [-0.25, -0.2) is 9.40 Å². The van der Waals surface area contributed by atoms with Gasteiger partial charge in [-0.05, 0) is 49.9 Å². The number of benzene rings is 2. The normalized spacial score (nSPS) is 21.2. The lowest BCUT2D eigenvalue weighted by molar-refractivity contribution is -0.120. The molecular weight excluding hydrogens is 523 g/mol. The van der Waals surface area contributed by atoms with Gasteiger partial charge in [-0.1, -0.05) is 29.8 Å². The van der Waals surface area contributed by atoms with Gasteiger partial charge in [-0.15, -0.1) is 0 Å². The van der Waals surface area contributed by atoms with Crippen LogP contribution in [0.5, 0.6) is 5.75 Å². The third-order valence-corrected chi connectivity index (χ3v) is 7.36. The molecule has 1 saturated heterocycles. The molecule has 0 saturated carbocycles. The number of carbonyl (C=O) groups is 1. The number of hydrogen-bond acceptors (Lipinski definition) is 9. The summed E-state index contributed by atoms with van der Waals surface area (Å²) in [5.74, 6) is -1.65. The van der Waals surface area contributed by atoms with Crippen LogP contribution in [0, 0.1) is 12.7 Å². The van der Waals surface area contributed by atoms with E-state index in [-0.39, 0.29) is 17.6 Å². The number of ether oxygens (including phenoxy) is 1. The lowest BCUT2D eigenvalue weighted by Gasteiger charge is -2.41. The number of piperazine rings is 1. The van der Waals surface area contributed by atoms with Crippen LogP contribution in [0.15, 0.2) is 72.9 Å². The molecule has 3 aromatic rings. The molecule has 12 heteroatoms. The van der Waals surface area contributed by atoms with E-state index in [2.05, 4.69) is 25.7 Å². The van der Waals surface area contributed by atoms with Crippen molar-refractivity contribution in [2.45, 2.75) is 18.0 Å². The van der Waals surface area contributed by atoms with Crippen molar-refractivity contribution in [3.63, 3.8) is 0 Å². The molecule has 10 nitrogen and oxygen atoms in total. The Morgan fingerprint density at radius 3 is 2.79 bits per heavy atom. The maximum absolute atomic E-state index is 14.6. The number of aromatic nitrogens is 2. The molecule has 5 rings (SSSR count). The minimum Gasteiger partial charge on any atom is -0.452 e. The van der Waals surface area contributed by atoms with Gasteiger partial charge in [0.25, 0.3) is 10.9 Å². The molecule has 1 aromatic heterocycles. The Morgan fingerprint density at radius 1 is 1.26 bits per heavy atom. The number of nitrogens with two attached hydrogens (primary N) is 1. The van der Waals surface area contributed by atoms with Crippen molar-refractivity contribution in [3.05, 3.63) is 84.3 Å². The van der Waals surface area contributed by atoms with Gasteiger partial charge in [-0.3, -0.25) is 9.80 Å². The minimum absolute atomic E-state index is 0.0593. The van der Waals surface area contributed by atoms with Crippen LogP contribution in [0.3, 0.4) is 0 Å². The fourth-order valence-corrected chi connectivity index (χ4v) is 5.19. The first-order chi connectivity index (χ1) is 18.8.